The maximum Gasteiger partial charge on any atom is 0.128 e. The van der Waals surface area contributed by atoms with Gasteiger partial charge in [0, 0.05) is 37.4 Å². The van der Waals surface area contributed by atoms with Gasteiger partial charge in [-0.3, -0.25) is 5.10 Å². The highest BCUT2D eigenvalue weighted by Crippen LogP contribution is 2.37. The van der Waals surface area contributed by atoms with Crippen molar-refractivity contribution < 1.29 is 5.11 Å². The van der Waals surface area contributed by atoms with Gasteiger partial charge in [-0.15, -0.1) is 11.3 Å². The molecule has 3 aromatic rings. The van der Waals surface area contributed by atoms with E-state index in [1.807, 2.05) is 26.0 Å². The Labute approximate surface area is 145 Å². The number of aromatic nitrogens is 3. The SMILES string of the molecule is CCNc1cc(NCC(C)(C)CO)c2sc(-c3ccn[nH]3)cc2n1. The van der Waals surface area contributed by atoms with Gasteiger partial charge in [0.1, 0.15) is 5.82 Å². The molecule has 4 N–H and O–H groups in total. The number of hydrogen-bond donors (Lipinski definition) is 4. The molecule has 0 spiro atoms. The first-order valence-electron chi connectivity index (χ1n) is 8.05. The number of nitrogens with one attached hydrogen (secondary N) is 3. The van der Waals surface area contributed by atoms with Crippen LogP contribution in [0.15, 0.2) is 24.4 Å². The van der Waals surface area contributed by atoms with Gasteiger partial charge in [-0.25, -0.2) is 4.98 Å². The summed E-state index contributed by atoms with van der Waals surface area (Å²) in [5.41, 5.74) is 2.79. The van der Waals surface area contributed by atoms with E-state index in [9.17, 15) is 5.11 Å². The molecule has 6 nitrogen and oxygen atoms in total. The van der Waals surface area contributed by atoms with E-state index >= 15 is 0 Å². The summed E-state index contributed by atoms with van der Waals surface area (Å²) in [6.07, 6.45) is 1.75. The Hall–Kier alpha value is -2.12. The van der Waals surface area contributed by atoms with Crippen LogP contribution in [0.2, 0.25) is 0 Å². The predicted molar refractivity (Wildman–Crippen MR) is 101 cm³/mol. The van der Waals surface area contributed by atoms with E-state index in [1.165, 1.54) is 0 Å². The topological polar surface area (TPSA) is 85.9 Å². The van der Waals surface area contributed by atoms with Crippen molar-refractivity contribution in [1.29, 1.82) is 0 Å². The summed E-state index contributed by atoms with van der Waals surface area (Å²) in [5.74, 6) is 0.850. The Morgan fingerprint density at radius 1 is 1.29 bits per heavy atom. The van der Waals surface area contributed by atoms with Gasteiger partial charge in [0.05, 0.1) is 26.5 Å². The van der Waals surface area contributed by atoms with Crippen LogP contribution >= 0.6 is 11.3 Å². The number of nitrogens with zero attached hydrogens (tertiary/aromatic N) is 2. The molecule has 3 heterocycles. The fourth-order valence-electron chi connectivity index (χ4n) is 2.34. The Bertz CT molecular complexity index is 810. The molecule has 0 amide bonds. The Morgan fingerprint density at radius 3 is 2.79 bits per heavy atom. The second-order valence-corrected chi connectivity index (χ2v) is 7.61. The Morgan fingerprint density at radius 2 is 2.12 bits per heavy atom. The lowest BCUT2D eigenvalue weighted by molar-refractivity contribution is 0.171. The molecule has 0 unspecified atom stereocenters. The minimum absolute atomic E-state index is 0.137. The molecular weight excluding hydrogens is 322 g/mol. The fourth-order valence-corrected chi connectivity index (χ4v) is 3.41. The monoisotopic (exact) mass is 345 g/mol. The van der Waals surface area contributed by atoms with Crippen molar-refractivity contribution >= 4 is 33.1 Å². The molecule has 0 saturated carbocycles. The molecule has 0 saturated heterocycles. The van der Waals surface area contributed by atoms with E-state index < -0.39 is 0 Å². The first-order valence-corrected chi connectivity index (χ1v) is 8.87. The highest BCUT2D eigenvalue weighted by atomic mass is 32.1. The number of rotatable bonds is 7. The number of fused-ring (bicyclic) bond motifs is 1. The molecule has 3 rings (SSSR count). The lowest BCUT2D eigenvalue weighted by Crippen LogP contribution is -2.26. The summed E-state index contributed by atoms with van der Waals surface area (Å²) >= 11 is 1.68. The van der Waals surface area contributed by atoms with Crippen LogP contribution in [0.3, 0.4) is 0 Å². The van der Waals surface area contributed by atoms with Gasteiger partial charge in [-0.05, 0) is 19.1 Å². The number of thiophene rings is 1. The number of aliphatic hydroxyl groups excluding tert-OH is 1. The molecule has 0 bridgehead atoms. The van der Waals surface area contributed by atoms with Crippen LogP contribution in [0.1, 0.15) is 20.8 Å². The predicted octanol–water partition coefficient (Wildman–Crippen LogP) is 3.55. The maximum atomic E-state index is 9.48. The van der Waals surface area contributed by atoms with E-state index in [0.717, 1.165) is 38.8 Å². The number of aliphatic hydroxyl groups is 1. The molecule has 0 aromatic carbocycles. The smallest absolute Gasteiger partial charge is 0.128 e. The largest absolute Gasteiger partial charge is 0.396 e. The second-order valence-electron chi connectivity index (χ2n) is 6.56. The Balaban J connectivity index is 2.00. The number of aromatic amines is 1. The van der Waals surface area contributed by atoms with Gasteiger partial charge in [-0.1, -0.05) is 13.8 Å². The van der Waals surface area contributed by atoms with Crippen molar-refractivity contribution in [2.75, 3.05) is 30.3 Å². The summed E-state index contributed by atoms with van der Waals surface area (Å²) in [6.45, 7) is 7.76. The minimum Gasteiger partial charge on any atom is -0.396 e. The Kier molecular flexibility index (Phi) is 4.73. The summed E-state index contributed by atoms with van der Waals surface area (Å²) in [6, 6.07) is 6.07. The highest BCUT2D eigenvalue weighted by Gasteiger charge is 2.18. The van der Waals surface area contributed by atoms with Crippen LogP contribution in [-0.2, 0) is 0 Å². The van der Waals surface area contributed by atoms with Crippen LogP contribution in [0.25, 0.3) is 20.8 Å². The van der Waals surface area contributed by atoms with Crippen molar-refractivity contribution in [3.05, 3.63) is 24.4 Å². The summed E-state index contributed by atoms with van der Waals surface area (Å²) in [7, 11) is 0. The van der Waals surface area contributed by atoms with Crippen LogP contribution in [0.4, 0.5) is 11.5 Å². The zero-order chi connectivity index (χ0) is 17.2. The molecular formula is C17H23N5OS. The average Bonchev–Trinajstić information content (AvgIpc) is 3.22. The van der Waals surface area contributed by atoms with Crippen molar-refractivity contribution in [2.45, 2.75) is 20.8 Å². The lowest BCUT2D eigenvalue weighted by atomic mass is 9.95. The number of anilines is 2. The van der Waals surface area contributed by atoms with E-state index in [1.54, 1.807) is 17.5 Å². The van der Waals surface area contributed by atoms with Crippen molar-refractivity contribution in [2.24, 2.45) is 5.41 Å². The number of pyridine rings is 1. The quantitative estimate of drug-likeness (QED) is 0.526. The van der Waals surface area contributed by atoms with Crippen LogP contribution in [0.5, 0.6) is 0 Å². The lowest BCUT2D eigenvalue weighted by Gasteiger charge is -2.23. The molecule has 0 radical (unpaired) electrons. The van der Waals surface area contributed by atoms with Crippen molar-refractivity contribution in [3.8, 4) is 10.6 Å². The van der Waals surface area contributed by atoms with Gasteiger partial charge in [0.25, 0.3) is 0 Å². The zero-order valence-corrected chi connectivity index (χ0v) is 15.0. The molecule has 0 aliphatic rings. The molecule has 7 heteroatoms. The van der Waals surface area contributed by atoms with E-state index in [2.05, 4.69) is 33.8 Å². The molecule has 0 atom stereocenters. The van der Waals surface area contributed by atoms with Crippen LogP contribution in [-0.4, -0.2) is 40.0 Å². The third-order valence-corrected chi connectivity index (χ3v) is 4.98. The second kappa shape index (κ2) is 6.78. The normalized spacial score (nSPS) is 11.8. The van der Waals surface area contributed by atoms with E-state index in [0.29, 0.717) is 6.54 Å². The maximum absolute atomic E-state index is 9.48. The van der Waals surface area contributed by atoms with E-state index in [4.69, 9.17) is 4.98 Å². The van der Waals surface area contributed by atoms with Gasteiger partial charge < -0.3 is 15.7 Å². The van der Waals surface area contributed by atoms with Gasteiger partial charge in [0.15, 0.2) is 0 Å². The number of hydrogen-bond acceptors (Lipinski definition) is 6. The summed E-state index contributed by atoms with van der Waals surface area (Å²) in [5, 5.41) is 23.3. The van der Waals surface area contributed by atoms with Gasteiger partial charge in [-0.2, -0.15) is 5.10 Å². The van der Waals surface area contributed by atoms with Gasteiger partial charge >= 0.3 is 0 Å². The van der Waals surface area contributed by atoms with Gasteiger partial charge in [0.2, 0.25) is 0 Å². The van der Waals surface area contributed by atoms with Crippen molar-refractivity contribution in [3.63, 3.8) is 0 Å². The van der Waals surface area contributed by atoms with Crippen molar-refractivity contribution in [1.82, 2.24) is 15.2 Å². The molecule has 0 fully saturated rings. The summed E-state index contributed by atoms with van der Waals surface area (Å²) < 4.78 is 1.11. The van der Waals surface area contributed by atoms with Crippen LogP contribution in [0, 0.1) is 5.41 Å². The summed E-state index contributed by atoms with van der Waals surface area (Å²) in [4.78, 5) is 5.80. The highest BCUT2D eigenvalue weighted by molar-refractivity contribution is 7.22. The standard InChI is InChI=1S/C17H23N5OS/c1-4-18-15-8-12(19-9-17(2,3)10-23)16-13(21-15)7-14(24-16)11-5-6-20-22-11/h5-8,23H,4,9-10H2,1-3H3,(H,20,22)(H2,18,19,21). The minimum atomic E-state index is -0.183. The first kappa shape index (κ1) is 16.7. The third-order valence-electron chi connectivity index (χ3n) is 3.79. The first-order chi connectivity index (χ1) is 11.5. The molecule has 3 aromatic heterocycles. The molecule has 0 aliphatic heterocycles. The molecule has 24 heavy (non-hydrogen) atoms. The number of H-pyrrole nitrogens is 1. The fraction of sp³-hybridized carbons (Fsp3) is 0.412. The zero-order valence-electron chi connectivity index (χ0n) is 14.2. The average molecular weight is 345 g/mol. The molecule has 128 valence electrons. The van der Waals surface area contributed by atoms with E-state index in [-0.39, 0.29) is 12.0 Å². The third kappa shape index (κ3) is 3.52. The molecule has 0 aliphatic carbocycles. The van der Waals surface area contributed by atoms with Crippen LogP contribution < -0.4 is 10.6 Å².